The summed E-state index contributed by atoms with van der Waals surface area (Å²) in [6.07, 6.45) is 0.0943. The Labute approximate surface area is 114 Å². The average molecular weight is 263 g/mol. The number of carbonyl (C=O) groups excluding carboxylic acids is 1. The van der Waals surface area contributed by atoms with Crippen LogP contribution in [0, 0.1) is 5.92 Å². The Balaban J connectivity index is 2.92. The van der Waals surface area contributed by atoms with Crippen molar-refractivity contribution in [2.75, 3.05) is 18.0 Å². The summed E-state index contributed by atoms with van der Waals surface area (Å²) < 4.78 is 0. The Hall–Kier alpha value is -1.84. The van der Waals surface area contributed by atoms with Crippen molar-refractivity contribution in [3.63, 3.8) is 0 Å². The van der Waals surface area contributed by atoms with Crippen molar-refractivity contribution in [1.29, 1.82) is 0 Å². The maximum atomic E-state index is 11.4. The van der Waals surface area contributed by atoms with Crippen LogP contribution in [0.5, 0.6) is 0 Å². The first-order valence-corrected chi connectivity index (χ1v) is 6.48. The van der Waals surface area contributed by atoms with Gasteiger partial charge >= 0.3 is 5.97 Å². The van der Waals surface area contributed by atoms with Crippen molar-refractivity contribution in [1.82, 2.24) is 0 Å². The summed E-state index contributed by atoms with van der Waals surface area (Å²) in [5, 5.41) is 8.81. The number of hydrogen-bond acceptors (Lipinski definition) is 3. The zero-order valence-electron chi connectivity index (χ0n) is 11.7. The standard InChI is InChI=1S/C15H21NO3/c1-11(2)10-16(8-7-15(18)19)14-6-4-5-13(9-14)12(3)17/h4-6,9,11H,7-8,10H2,1-3H3,(H,18,19). The Bertz CT molecular complexity index is 454. The van der Waals surface area contributed by atoms with E-state index in [9.17, 15) is 9.59 Å². The number of hydrogen-bond donors (Lipinski definition) is 1. The summed E-state index contributed by atoms with van der Waals surface area (Å²) in [6, 6.07) is 7.35. The predicted molar refractivity (Wildman–Crippen MR) is 75.8 cm³/mol. The number of rotatable bonds is 7. The van der Waals surface area contributed by atoms with Gasteiger partial charge in [-0.15, -0.1) is 0 Å². The highest BCUT2D eigenvalue weighted by Crippen LogP contribution is 2.18. The van der Waals surface area contributed by atoms with Crippen LogP contribution in [0.1, 0.15) is 37.6 Å². The third-order valence-electron chi connectivity index (χ3n) is 2.80. The molecule has 0 saturated heterocycles. The van der Waals surface area contributed by atoms with Crippen molar-refractivity contribution in [2.24, 2.45) is 5.92 Å². The van der Waals surface area contributed by atoms with Crippen molar-refractivity contribution < 1.29 is 14.7 Å². The fraction of sp³-hybridized carbons (Fsp3) is 0.467. The van der Waals surface area contributed by atoms with Gasteiger partial charge in [-0.3, -0.25) is 9.59 Å². The van der Waals surface area contributed by atoms with Crippen molar-refractivity contribution >= 4 is 17.4 Å². The van der Waals surface area contributed by atoms with E-state index in [0.717, 1.165) is 12.2 Å². The van der Waals surface area contributed by atoms with E-state index >= 15 is 0 Å². The smallest absolute Gasteiger partial charge is 0.305 e. The number of Topliss-reactive ketones (excluding diaryl/α,β-unsaturated/α-hetero) is 1. The number of carboxylic acids is 1. The number of anilines is 1. The third-order valence-corrected chi connectivity index (χ3v) is 2.80. The van der Waals surface area contributed by atoms with Gasteiger partial charge in [-0.1, -0.05) is 26.0 Å². The van der Waals surface area contributed by atoms with Crippen LogP contribution in [-0.2, 0) is 4.79 Å². The summed E-state index contributed by atoms with van der Waals surface area (Å²) in [6.45, 7) is 6.93. The molecule has 0 bridgehead atoms. The molecule has 0 amide bonds. The lowest BCUT2D eigenvalue weighted by atomic mass is 10.1. The van der Waals surface area contributed by atoms with E-state index in [-0.39, 0.29) is 12.2 Å². The molecular weight excluding hydrogens is 242 g/mol. The molecule has 1 rings (SSSR count). The molecule has 0 aromatic heterocycles. The van der Waals surface area contributed by atoms with E-state index in [1.54, 1.807) is 6.07 Å². The van der Waals surface area contributed by atoms with Crippen LogP contribution in [0.2, 0.25) is 0 Å². The van der Waals surface area contributed by atoms with Crippen molar-refractivity contribution in [3.8, 4) is 0 Å². The second-order valence-corrected chi connectivity index (χ2v) is 5.09. The van der Waals surface area contributed by atoms with Gasteiger partial charge in [0.05, 0.1) is 6.42 Å². The van der Waals surface area contributed by atoms with Crippen LogP contribution in [0.4, 0.5) is 5.69 Å². The lowest BCUT2D eigenvalue weighted by Gasteiger charge is -2.26. The van der Waals surface area contributed by atoms with E-state index in [2.05, 4.69) is 13.8 Å². The van der Waals surface area contributed by atoms with Crippen LogP contribution in [0.25, 0.3) is 0 Å². The first kappa shape index (κ1) is 15.2. The molecule has 0 aliphatic heterocycles. The van der Waals surface area contributed by atoms with Crippen LogP contribution >= 0.6 is 0 Å². The largest absolute Gasteiger partial charge is 0.481 e. The minimum absolute atomic E-state index is 0.0181. The molecule has 0 spiro atoms. The second kappa shape index (κ2) is 6.92. The van der Waals surface area contributed by atoms with Gasteiger partial charge in [0.2, 0.25) is 0 Å². The molecule has 1 N–H and O–H groups in total. The van der Waals surface area contributed by atoms with Gasteiger partial charge in [0.15, 0.2) is 5.78 Å². The molecule has 0 radical (unpaired) electrons. The molecule has 4 nitrogen and oxygen atoms in total. The average Bonchev–Trinajstić information content (AvgIpc) is 2.34. The minimum Gasteiger partial charge on any atom is -0.481 e. The van der Waals surface area contributed by atoms with Gasteiger partial charge in [0.1, 0.15) is 0 Å². The van der Waals surface area contributed by atoms with E-state index in [1.165, 1.54) is 6.92 Å². The zero-order valence-corrected chi connectivity index (χ0v) is 11.7. The van der Waals surface area contributed by atoms with Crippen molar-refractivity contribution in [3.05, 3.63) is 29.8 Å². The van der Waals surface area contributed by atoms with E-state index in [1.807, 2.05) is 23.1 Å². The highest BCUT2D eigenvalue weighted by molar-refractivity contribution is 5.95. The monoisotopic (exact) mass is 263 g/mol. The topological polar surface area (TPSA) is 57.6 Å². The van der Waals surface area contributed by atoms with E-state index in [4.69, 9.17) is 5.11 Å². The fourth-order valence-corrected chi connectivity index (χ4v) is 1.92. The number of aliphatic carboxylic acids is 1. The molecule has 0 unspecified atom stereocenters. The fourth-order valence-electron chi connectivity index (χ4n) is 1.92. The van der Waals surface area contributed by atoms with E-state index < -0.39 is 5.97 Å². The first-order chi connectivity index (χ1) is 8.90. The Morgan fingerprint density at radius 3 is 2.53 bits per heavy atom. The van der Waals surface area contributed by atoms with Gasteiger partial charge in [-0.2, -0.15) is 0 Å². The van der Waals surface area contributed by atoms with Gasteiger partial charge in [0.25, 0.3) is 0 Å². The van der Waals surface area contributed by atoms with Crippen molar-refractivity contribution in [2.45, 2.75) is 27.2 Å². The highest BCUT2D eigenvalue weighted by atomic mass is 16.4. The van der Waals surface area contributed by atoms with Gasteiger partial charge in [-0.25, -0.2) is 0 Å². The van der Waals surface area contributed by atoms with Crippen LogP contribution in [0.15, 0.2) is 24.3 Å². The summed E-state index contributed by atoms with van der Waals surface area (Å²) >= 11 is 0. The molecule has 1 aromatic rings. The Morgan fingerprint density at radius 2 is 2.00 bits per heavy atom. The lowest BCUT2D eigenvalue weighted by Crippen LogP contribution is -2.30. The van der Waals surface area contributed by atoms with Gasteiger partial charge in [-0.05, 0) is 25.0 Å². The maximum Gasteiger partial charge on any atom is 0.305 e. The SMILES string of the molecule is CC(=O)c1cccc(N(CCC(=O)O)CC(C)C)c1. The first-order valence-electron chi connectivity index (χ1n) is 6.48. The third kappa shape index (κ3) is 5.12. The summed E-state index contributed by atoms with van der Waals surface area (Å²) in [5.41, 5.74) is 1.56. The summed E-state index contributed by atoms with van der Waals surface area (Å²) in [5.74, 6) is -0.365. The molecule has 1 aromatic carbocycles. The number of benzene rings is 1. The predicted octanol–water partition coefficient (Wildman–Crippen LogP) is 2.83. The molecule has 0 atom stereocenters. The summed E-state index contributed by atoms with van der Waals surface area (Å²) in [4.78, 5) is 24.1. The van der Waals surface area contributed by atoms with Crippen LogP contribution in [0.3, 0.4) is 0 Å². The lowest BCUT2D eigenvalue weighted by molar-refractivity contribution is -0.136. The second-order valence-electron chi connectivity index (χ2n) is 5.09. The zero-order chi connectivity index (χ0) is 14.4. The Kier molecular flexibility index (Phi) is 5.55. The number of carboxylic acid groups (broad SMARTS) is 1. The van der Waals surface area contributed by atoms with Gasteiger partial charge in [0, 0.05) is 24.3 Å². The minimum atomic E-state index is -0.809. The number of carbonyl (C=O) groups is 2. The Morgan fingerprint density at radius 1 is 1.32 bits per heavy atom. The van der Waals surface area contributed by atoms with Crippen LogP contribution < -0.4 is 4.90 Å². The van der Waals surface area contributed by atoms with E-state index in [0.29, 0.717) is 18.0 Å². The number of ketones is 1. The van der Waals surface area contributed by atoms with Gasteiger partial charge < -0.3 is 10.0 Å². The maximum absolute atomic E-state index is 11.4. The molecule has 0 aliphatic rings. The molecule has 0 fully saturated rings. The molecule has 19 heavy (non-hydrogen) atoms. The molecule has 4 heteroatoms. The summed E-state index contributed by atoms with van der Waals surface area (Å²) in [7, 11) is 0. The molecule has 0 heterocycles. The molecule has 104 valence electrons. The quantitative estimate of drug-likeness (QED) is 0.768. The molecule has 0 aliphatic carbocycles. The highest BCUT2D eigenvalue weighted by Gasteiger charge is 2.11. The molecular formula is C15H21NO3. The molecule has 0 saturated carbocycles. The van der Waals surface area contributed by atoms with Crippen LogP contribution in [-0.4, -0.2) is 29.9 Å². The normalized spacial score (nSPS) is 10.5. The number of nitrogens with zero attached hydrogens (tertiary/aromatic N) is 1.